The Kier molecular flexibility index (Phi) is 4.75. The lowest BCUT2D eigenvalue weighted by Crippen LogP contribution is -1.96. The van der Waals surface area contributed by atoms with Gasteiger partial charge in [-0.2, -0.15) is 0 Å². The first-order valence-corrected chi connectivity index (χ1v) is 15.1. The highest BCUT2D eigenvalue weighted by Gasteiger charge is 2.19. The molecule has 0 aliphatic carbocycles. The summed E-state index contributed by atoms with van der Waals surface area (Å²) >= 11 is 0. The minimum absolute atomic E-state index is 0.920. The van der Waals surface area contributed by atoms with E-state index in [4.69, 9.17) is 4.42 Å². The summed E-state index contributed by atoms with van der Waals surface area (Å²) in [5, 5.41) is 12.5. The Morgan fingerprint density at radius 1 is 0.386 bits per heavy atom. The molecule has 0 fully saturated rings. The zero-order valence-corrected chi connectivity index (χ0v) is 23.8. The van der Waals surface area contributed by atoms with Gasteiger partial charge in [-0.15, -0.1) is 0 Å². The van der Waals surface area contributed by atoms with E-state index >= 15 is 0 Å². The van der Waals surface area contributed by atoms with Gasteiger partial charge in [0.05, 0.1) is 16.7 Å². The van der Waals surface area contributed by atoms with Crippen LogP contribution in [0.15, 0.2) is 156 Å². The zero-order valence-electron chi connectivity index (χ0n) is 23.8. The van der Waals surface area contributed by atoms with E-state index < -0.39 is 0 Å². The van der Waals surface area contributed by atoms with Crippen LogP contribution in [-0.2, 0) is 0 Å². The van der Waals surface area contributed by atoms with Crippen LogP contribution in [0.5, 0.6) is 0 Å². The molecule has 0 saturated heterocycles. The Hall–Kier alpha value is -5.86. The molecular weight excluding hydrogens is 534 g/mol. The fraction of sp³-hybridized carbons (Fsp3) is 0. The van der Waals surface area contributed by atoms with Gasteiger partial charge in [-0.25, -0.2) is 0 Å². The second-order valence-electron chi connectivity index (χ2n) is 11.7. The molecule has 0 bridgehead atoms. The van der Waals surface area contributed by atoms with Crippen molar-refractivity contribution in [2.75, 3.05) is 0 Å². The summed E-state index contributed by atoms with van der Waals surface area (Å²) < 4.78 is 8.89. The Morgan fingerprint density at radius 3 is 1.75 bits per heavy atom. The number of hydrogen-bond acceptors (Lipinski definition) is 1. The first-order valence-electron chi connectivity index (χ1n) is 15.1. The summed E-state index contributed by atoms with van der Waals surface area (Å²) in [5.74, 6) is 0. The van der Waals surface area contributed by atoms with Crippen molar-refractivity contribution in [2.45, 2.75) is 0 Å². The molecule has 0 amide bonds. The molecule has 44 heavy (non-hydrogen) atoms. The lowest BCUT2D eigenvalue weighted by molar-refractivity contribution is 0.670. The number of rotatable bonds is 2. The molecule has 0 unspecified atom stereocenters. The van der Waals surface area contributed by atoms with E-state index in [0.717, 1.165) is 33.1 Å². The molecule has 0 radical (unpaired) electrons. The van der Waals surface area contributed by atoms with E-state index in [9.17, 15) is 0 Å². The van der Waals surface area contributed by atoms with Crippen LogP contribution in [0.1, 0.15) is 0 Å². The maximum atomic E-state index is 6.43. The molecule has 2 aromatic heterocycles. The smallest absolute Gasteiger partial charge is 0.143 e. The summed E-state index contributed by atoms with van der Waals surface area (Å²) in [6, 6.07) is 54.8. The lowest BCUT2D eigenvalue weighted by Gasteiger charge is -2.16. The highest BCUT2D eigenvalue weighted by Crippen LogP contribution is 2.42. The highest BCUT2D eigenvalue weighted by atomic mass is 16.3. The number of fused-ring (bicyclic) bond motifs is 12. The largest absolute Gasteiger partial charge is 0.455 e. The second kappa shape index (κ2) is 8.82. The van der Waals surface area contributed by atoms with Gasteiger partial charge in [0, 0.05) is 32.5 Å². The molecule has 0 aliphatic heterocycles. The third-order valence-electron chi connectivity index (χ3n) is 9.38. The van der Waals surface area contributed by atoms with Crippen LogP contribution >= 0.6 is 0 Å². The molecule has 2 heteroatoms. The van der Waals surface area contributed by atoms with Crippen LogP contribution in [0.2, 0.25) is 0 Å². The molecule has 0 spiro atoms. The van der Waals surface area contributed by atoms with E-state index in [2.05, 4.69) is 144 Å². The van der Waals surface area contributed by atoms with Crippen molar-refractivity contribution < 1.29 is 4.42 Å². The molecular formula is C42H25NO. The number of aromatic nitrogens is 1. The number of furan rings is 1. The predicted octanol–water partition coefficient (Wildman–Crippen LogP) is 11.8. The summed E-state index contributed by atoms with van der Waals surface area (Å²) in [6.07, 6.45) is 0. The minimum Gasteiger partial charge on any atom is -0.455 e. The Labute approximate surface area is 253 Å². The average molecular weight is 560 g/mol. The SMILES string of the molecule is c1ccc2c(c1)oc1c(-c3ccc4c(c3)c3ccccc3n4-c3cccc4c5ccccc5c5ccccc5c34)cccc12. The first-order chi connectivity index (χ1) is 21.8. The van der Waals surface area contributed by atoms with Crippen molar-refractivity contribution in [3.05, 3.63) is 152 Å². The average Bonchev–Trinajstić information content (AvgIpc) is 3.64. The van der Waals surface area contributed by atoms with Crippen LogP contribution in [0, 0.1) is 0 Å². The Bertz CT molecular complexity index is 2730. The third kappa shape index (κ3) is 3.14. The fourth-order valence-electron chi connectivity index (χ4n) is 7.50. The van der Waals surface area contributed by atoms with E-state index in [1.807, 2.05) is 12.1 Å². The van der Waals surface area contributed by atoms with Crippen LogP contribution < -0.4 is 0 Å². The van der Waals surface area contributed by atoms with Crippen molar-refractivity contribution in [3.63, 3.8) is 0 Å². The molecule has 0 N–H and O–H groups in total. The van der Waals surface area contributed by atoms with E-state index in [-0.39, 0.29) is 0 Å². The van der Waals surface area contributed by atoms with Gasteiger partial charge in [-0.3, -0.25) is 0 Å². The molecule has 0 aliphatic rings. The molecule has 8 aromatic carbocycles. The van der Waals surface area contributed by atoms with Gasteiger partial charge in [0.1, 0.15) is 11.2 Å². The molecule has 10 aromatic rings. The quantitative estimate of drug-likeness (QED) is 0.193. The molecule has 0 atom stereocenters. The topological polar surface area (TPSA) is 18.1 Å². The van der Waals surface area contributed by atoms with E-state index in [1.54, 1.807) is 0 Å². The zero-order chi connectivity index (χ0) is 28.8. The van der Waals surface area contributed by atoms with Gasteiger partial charge in [-0.05, 0) is 62.8 Å². The second-order valence-corrected chi connectivity index (χ2v) is 11.7. The summed E-state index contributed by atoms with van der Waals surface area (Å²) in [7, 11) is 0. The van der Waals surface area contributed by atoms with Gasteiger partial charge in [0.2, 0.25) is 0 Å². The van der Waals surface area contributed by atoms with Gasteiger partial charge in [-0.1, -0.05) is 121 Å². The number of hydrogen-bond donors (Lipinski definition) is 0. The van der Waals surface area contributed by atoms with Gasteiger partial charge in [0.15, 0.2) is 0 Å². The van der Waals surface area contributed by atoms with Crippen LogP contribution in [-0.4, -0.2) is 4.57 Å². The molecule has 2 nitrogen and oxygen atoms in total. The maximum Gasteiger partial charge on any atom is 0.143 e. The molecule has 10 rings (SSSR count). The minimum atomic E-state index is 0.920. The standard InChI is InChI=1S/C42H25NO/c1-2-12-30-28(11-1)29-13-3-4-16-33(29)41-34(30)18-10-21-39(41)43-37-20-7-5-14-31(37)36-25-26(23-24-38(36)43)27-17-9-19-35-32-15-6-8-22-40(32)44-42(27)35/h1-25H. The van der Waals surface area contributed by atoms with Gasteiger partial charge < -0.3 is 8.98 Å². The van der Waals surface area contributed by atoms with Crippen LogP contribution in [0.25, 0.3) is 92.9 Å². The highest BCUT2D eigenvalue weighted by molar-refractivity contribution is 6.28. The van der Waals surface area contributed by atoms with E-state index in [0.29, 0.717) is 0 Å². The monoisotopic (exact) mass is 559 g/mol. The maximum absolute atomic E-state index is 6.43. The van der Waals surface area contributed by atoms with Crippen molar-refractivity contribution in [1.82, 2.24) is 4.57 Å². The van der Waals surface area contributed by atoms with Crippen molar-refractivity contribution in [1.29, 1.82) is 0 Å². The normalized spacial score (nSPS) is 12.1. The summed E-state index contributed by atoms with van der Waals surface area (Å²) in [4.78, 5) is 0. The number of para-hydroxylation sites is 3. The summed E-state index contributed by atoms with van der Waals surface area (Å²) in [6.45, 7) is 0. The summed E-state index contributed by atoms with van der Waals surface area (Å²) in [5.41, 5.74) is 7.71. The number of nitrogens with zero attached hydrogens (tertiary/aromatic N) is 1. The Balaban J connectivity index is 1.30. The van der Waals surface area contributed by atoms with Crippen molar-refractivity contribution >= 4 is 76.1 Å². The van der Waals surface area contributed by atoms with E-state index in [1.165, 1.54) is 59.8 Å². The van der Waals surface area contributed by atoms with Gasteiger partial charge in [0.25, 0.3) is 0 Å². The van der Waals surface area contributed by atoms with Gasteiger partial charge >= 0.3 is 0 Å². The van der Waals surface area contributed by atoms with Crippen LogP contribution in [0.3, 0.4) is 0 Å². The molecule has 2 heterocycles. The predicted molar refractivity (Wildman–Crippen MR) is 186 cm³/mol. The fourth-order valence-corrected chi connectivity index (χ4v) is 7.50. The van der Waals surface area contributed by atoms with Crippen molar-refractivity contribution in [3.8, 4) is 16.8 Å². The Morgan fingerprint density at radius 2 is 0.955 bits per heavy atom. The molecule has 204 valence electrons. The first kappa shape index (κ1) is 23.7. The van der Waals surface area contributed by atoms with Crippen molar-refractivity contribution in [2.24, 2.45) is 0 Å². The third-order valence-corrected chi connectivity index (χ3v) is 9.38. The number of benzene rings is 8. The van der Waals surface area contributed by atoms with Crippen LogP contribution in [0.4, 0.5) is 0 Å². The molecule has 0 saturated carbocycles. The lowest BCUT2D eigenvalue weighted by atomic mass is 9.93.